The van der Waals surface area contributed by atoms with Gasteiger partial charge in [0.15, 0.2) is 0 Å². The van der Waals surface area contributed by atoms with Crippen LogP contribution in [0.2, 0.25) is 0 Å². The van der Waals surface area contributed by atoms with Gasteiger partial charge in [-0.3, -0.25) is 23.5 Å². The molecule has 3 rings (SSSR count). The maximum Gasteiger partial charge on any atom is 0.320 e. The average Bonchev–Trinajstić information content (AvgIpc) is 2.71. The monoisotopic (exact) mass is 409 g/mol. The summed E-state index contributed by atoms with van der Waals surface area (Å²) in [7, 11) is 3.00. The molecule has 30 heavy (non-hydrogen) atoms. The molecule has 0 radical (unpaired) electrons. The Bertz CT molecular complexity index is 1190. The molecule has 0 aliphatic heterocycles. The molecule has 1 N–H and O–H groups in total. The molecule has 1 aromatic heterocycles. The lowest BCUT2D eigenvalue weighted by atomic mass is 10.1. The molecule has 8 heteroatoms. The fraction of sp³-hybridized carbons (Fsp3) is 0.227. The molecule has 8 nitrogen and oxygen atoms in total. The highest BCUT2D eigenvalue weighted by atomic mass is 16.5. The molecule has 0 spiro atoms. The number of carbonyl (C=O) groups is 1. The van der Waals surface area contributed by atoms with Gasteiger partial charge in [-0.15, -0.1) is 0 Å². The van der Waals surface area contributed by atoms with Crippen LogP contribution in [0.1, 0.15) is 11.1 Å². The van der Waals surface area contributed by atoms with Crippen LogP contribution >= 0.6 is 0 Å². The van der Waals surface area contributed by atoms with Gasteiger partial charge >= 0.3 is 11.1 Å². The van der Waals surface area contributed by atoms with E-state index in [0.717, 1.165) is 15.7 Å². The lowest BCUT2D eigenvalue weighted by Gasteiger charge is -2.13. The highest BCUT2D eigenvalue weighted by molar-refractivity contribution is 5.92. The van der Waals surface area contributed by atoms with E-state index >= 15 is 0 Å². The smallest absolute Gasteiger partial charge is 0.320 e. The Morgan fingerprint density at radius 3 is 2.27 bits per heavy atom. The van der Waals surface area contributed by atoms with E-state index in [1.807, 2.05) is 32.0 Å². The number of benzene rings is 2. The molecule has 0 saturated carbocycles. The van der Waals surface area contributed by atoms with E-state index in [2.05, 4.69) is 5.32 Å². The second kappa shape index (κ2) is 8.69. The molecule has 3 aromatic rings. The van der Waals surface area contributed by atoms with Gasteiger partial charge in [0.25, 0.3) is 0 Å². The number of hydrogen-bond donors (Lipinski definition) is 1. The third-order valence-corrected chi connectivity index (χ3v) is 4.54. The third kappa shape index (κ3) is 4.43. The highest BCUT2D eigenvalue weighted by Gasteiger charge is 2.13. The molecule has 0 bridgehead atoms. The van der Waals surface area contributed by atoms with Gasteiger partial charge in [0.2, 0.25) is 5.91 Å². The van der Waals surface area contributed by atoms with E-state index in [9.17, 15) is 14.4 Å². The van der Waals surface area contributed by atoms with Crippen molar-refractivity contribution in [3.63, 3.8) is 0 Å². The molecule has 0 atom stereocenters. The van der Waals surface area contributed by atoms with Gasteiger partial charge in [0.05, 0.1) is 19.9 Å². The van der Waals surface area contributed by atoms with Gasteiger partial charge < -0.3 is 14.8 Å². The summed E-state index contributed by atoms with van der Waals surface area (Å²) in [5.41, 5.74) is 1.49. The predicted molar refractivity (Wildman–Crippen MR) is 114 cm³/mol. The zero-order chi connectivity index (χ0) is 21.8. The van der Waals surface area contributed by atoms with Crippen molar-refractivity contribution in [2.45, 2.75) is 20.4 Å². The number of hydrogen-bond acceptors (Lipinski definition) is 5. The molecule has 0 fully saturated rings. The van der Waals surface area contributed by atoms with Crippen LogP contribution in [0.3, 0.4) is 0 Å². The normalized spacial score (nSPS) is 10.5. The van der Waals surface area contributed by atoms with Crippen LogP contribution in [0.4, 0.5) is 5.69 Å². The predicted octanol–water partition coefficient (Wildman–Crippen LogP) is 2.27. The fourth-order valence-electron chi connectivity index (χ4n) is 3.17. The molecule has 0 aliphatic carbocycles. The summed E-state index contributed by atoms with van der Waals surface area (Å²) in [5.74, 6) is 0.528. The lowest BCUT2D eigenvalue weighted by Crippen LogP contribution is -2.41. The van der Waals surface area contributed by atoms with Crippen molar-refractivity contribution in [2.75, 3.05) is 19.5 Å². The number of carbonyl (C=O) groups excluding carboxylic acids is 1. The minimum absolute atomic E-state index is 0.309. The Morgan fingerprint density at radius 2 is 1.63 bits per heavy atom. The van der Waals surface area contributed by atoms with Crippen molar-refractivity contribution in [3.05, 3.63) is 80.6 Å². The zero-order valence-electron chi connectivity index (χ0n) is 17.3. The summed E-state index contributed by atoms with van der Waals surface area (Å²) in [6.45, 7) is 3.53. The molecular weight excluding hydrogens is 386 g/mol. The summed E-state index contributed by atoms with van der Waals surface area (Å²) >= 11 is 0. The van der Waals surface area contributed by atoms with Crippen molar-refractivity contribution in [1.29, 1.82) is 0 Å². The minimum Gasteiger partial charge on any atom is -0.497 e. The van der Waals surface area contributed by atoms with E-state index in [1.54, 1.807) is 18.2 Å². The van der Waals surface area contributed by atoms with Crippen LogP contribution in [-0.2, 0) is 11.3 Å². The molecule has 0 saturated heterocycles. The van der Waals surface area contributed by atoms with Crippen molar-refractivity contribution in [1.82, 2.24) is 9.13 Å². The third-order valence-electron chi connectivity index (χ3n) is 4.54. The lowest BCUT2D eigenvalue weighted by molar-refractivity contribution is -0.116. The van der Waals surface area contributed by atoms with Crippen LogP contribution in [0, 0.1) is 13.8 Å². The summed E-state index contributed by atoms with van der Waals surface area (Å²) in [6, 6.07) is 10.6. The van der Waals surface area contributed by atoms with Crippen molar-refractivity contribution < 1.29 is 14.3 Å². The zero-order valence-corrected chi connectivity index (χ0v) is 17.3. The molecular formula is C22H23N3O5. The molecule has 156 valence electrons. The van der Waals surface area contributed by atoms with Gasteiger partial charge in [-0.1, -0.05) is 6.07 Å². The number of aryl methyl sites for hydroxylation is 2. The van der Waals surface area contributed by atoms with Gasteiger partial charge in [-0.05, 0) is 49.2 Å². The average molecular weight is 409 g/mol. The van der Waals surface area contributed by atoms with Gasteiger partial charge in [-0.25, -0.2) is 0 Å². The van der Waals surface area contributed by atoms with E-state index in [1.165, 1.54) is 31.2 Å². The number of nitrogens with one attached hydrogen (secondary N) is 1. The number of aromatic nitrogens is 2. The Kier molecular flexibility index (Phi) is 6.06. The Hall–Kier alpha value is -3.81. The van der Waals surface area contributed by atoms with Crippen molar-refractivity contribution >= 4 is 11.6 Å². The van der Waals surface area contributed by atoms with E-state index in [-0.39, 0.29) is 6.54 Å². The second-order valence-electron chi connectivity index (χ2n) is 6.87. The summed E-state index contributed by atoms with van der Waals surface area (Å²) < 4.78 is 12.7. The highest BCUT2D eigenvalue weighted by Crippen LogP contribution is 2.28. The minimum atomic E-state index is -0.784. The first-order valence-electron chi connectivity index (χ1n) is 9.25. The van der Waals surface area contributed by atoms with Gasteiger partial charge in [-0.2, -0.15) is 0 Å². The maximum absolute atomic E-state index is 12.6. The first-order chi connectivity index (χ1) is 14.3. The standard InChI is InChI=1S/C22H23N3O5/c1-14-9-15(2)11-16(10-14)25-8-7-24(21(27)22(25)28)13-20(26)23-18-6-5-17(29-3)12-19(18)30-4/h5-12H,13H2,1-4H3,(H,23,26). The number of anilines is 1. The van der Waals surface area contributed by atoms with Crippen LogP contribution in [0.25, 0.3) is 5.69 Å². The van der Waals surface area contributed by atoms with Crippen LogP contribution in [-0.4, -0.2) is 29.3 Å². The Balaban J connectivity index is 1.84. The van der Waals surface area contributed by atoms with Gasteiger partial charge in [0.1, 0.15) is 18.0 Å². The van der Waals surface area contributed by atoms with E-state index in [4.69, 9.17) is 9.47 Å². The fourth-order valence-corrected chi connectivity index (χ4v) is 3.17. The largest absolute Gasteiger partial charge is 0.497 e. The SMILES string of the molecule is COc1ccc(NC(=O)Cn2ccn(-c3cc(C)cc(C)c3)c(=O)c2=O)c(OC)c1. The first kappa shape index (κ1) is 20.9. The molecule has 1 heterocycles. The van der Waals surface area contributed by atoms with Crippen molar-refractivity contribution in [3.8, 4) is 17.2 Å². The second-order valence-corrected chi connectivity index (χ2v) is 6.87. The van der Waals surface area contributed by atoms with Gasteiger partial charge in [0, 0.05) is 24.1 Å². The Morgan fingerprint density at radius 1 is 0.933 bits per heavy atom. The van der Waals surface area contributed by atoms with Crippen LogP contribution < -0.4 is 25.9 Å². The molecule has 1 amide bonds. The number of amides is 1. The van der Waals surface area contributed by atoms with Crippen LogP contribution in [0.15, 0.2) is 58.4 Å². The molecule has 0 unspecified atom stereocenters. The Labute approximate surface area is 173 Å². The van der Waals surface area contributed by atoms with E-state index < -0.39 is 17.0 Å². The maximum atomic E-state index is 12.6. The van der Waals surface area contributed by atoms with E-state index in [0.29, 0.717) is 22.9 Å². The van der Waals surface area contributed by atoms with Crippen LogP contribution in [0.5, 0.6) is 11.5 Å². The van der Waals surface area contributed by atoms with Crippen molar-refractivity contribution in [2.24, 2.45) is 0 Å². The summed E-state index contributed by atoms with van der Waals surface area (Å²) in [5, 5.41) is 2.68. The quantitative estimate of drug-likeness (QED) is 0.631. The molecule has 2 aromatic carbocycles. The topological polar surface area (TPSA) is 91.6 Å². The number of ether oxygens (including phenoxy) is 2. The number of nitrogens with zero attached hydrogens (tertiary/aromatic N) is 2. The first-order valence-corrected chi connectivity index (χ1v) is 9.25. The number of rotatable bonds is 6. The molecule has 0 aliphatic rings. The summed E-state index contributed by atoms with van der Waals surface area (Å²) in [6.07, 6.45) is 2.91. The summed E-state index contributed by atoms with van der Waals surface area (Å²) in [4.78, 5) is 37.6. The number of methoxy groups -OCH3 is 2.